The number of aliphatic hydroxyl groups is 1. The second-order valence-electron chi connectivity index (χ2n) is 3.73. The Morgan fingerprint density at radius 3 is 2.95 bits per heavy atom. The first kappa shape index (κ1) is 14.0. The molecule has 0 saturated heterocycles. The zero-order chi connectivity index (χ0) is 13.9. The summed E-state index contributed by atoms with van der Waals surface area (Å²) in [6, 6.07) is 5.39. The summed E-state index contributed by atoms with van der Waals surface area (Å²) in [5.74, 6) is 0.385. The van der Waals surface area contributed by atoms with E-state index >= 15 is 0 Å². The summed E-state index contributed by atoms with van der Waals surface area (Å²) in [5.41, 5.74) is 0.704. The van der Waals surface area contributed by atoms with Gasteiger partial charge < -0.3 is 9.84 Å². The van der Waals surface area contributed by atoms with Gasteiger partial charge in [-0.1, -0.05) is 11.3 Å². The first-order valence-electron chi connectivity index (χ1n) is 5.69. The first-order valence-corrected chi connectivity index (χ1v) is 8.15. The van der Waals surface area contributed by atoms with Crippen molar-refractivity contribution >= 4 is 36.7 Å². The standard InChI is InChI=1S/C11H14N2O4S2/c1-2-17-8-3-4-9-10(7-8)18-11(12-9)13-19(15,16)6-5-14/h3-4,7,14H,2,5-6H2,1H3,(H,12,13). The van der Waals surface area contributed by atoms with Crippen LogP contribution in [0.25, 0.3) is 10.2 Å². The highest BCUT2D eigenvalue weighted by molar-refractivity contribution is 7.92. The molecule has 6 nitrogen and oxygen atoms in total. The van der Waals surface area contributed by atoms with Crippen molar-refractivity contribution < 1.29 is 18.3 Å². The van der Waals surface area contributed by atoms with E-state index in [1.165, 1.54) is 11.3 Å². The third-order valence-electron chi connectivity index (χ3n) is 2.27. The fourth-order valence-corrected chi connectivity index (χ4v) is 3.46. The summed E-state index contributed by atoms with van der Waals surface area (Å²) in [7, 11) is -3.54. The minimum atomic E-state index is -3.54. The quantitative estimate of drug-likeness (QED) is 0.842. The Balaban J connectivity index is 2.26. The topological polar surface area (TPSA) is 88.5 Å². The molecule has 0 amide bonds. The molecule has 8 heteroatoms. The van der Waals surface area contributed by atoms with E-state index in [4.69, 9.17) is 9.84 Å². The van der Waals surface area contributed by atoms with Crippen molar-refractivity contribution in [2.75, 3.05) is 23.7 Å². The molecule has 1 aromatic heterocycles. The first-order chi connectivity index (χ1) is 9.04. The largest absolute Gasteiger partial charge is 0.494 e. The Hall–Kier alpha value is -1.38. The lowest BCUT2D eigenvalue weighted by molar-refractivity contribution is 0.320. The lowest BCUT2D eigenvalue weighted by atomic mass is 10.3. The lowest BCUT2D eigenvalue weighted by Crippen LogP contribution is -2.18. The van der Waals surface area contributed by atoms with Gasteiger partial charge in [0.15, 0.2) is 5.13 Å². The third-order valence-corrected chi connectivity index (χ3v) is 4.56. The molecule has 0 fully saturated rings. The van der Waals surface area contributed by atoms with Gasteiger partial charge in [0.05, 0.1) is 29.2 Å². The zero-order valence-electron chi connectivity index (χ0n) is 10.3. The smallest absolute Gasteiger partial charge is 0.236 e. The van der Waals surface area contributed by atoms with Gasteiger partial charge in [-0.05, 0) is 25.1 Å². The molecule has 1 heterocycles. The van der Waals surface area contributed by atoms with Gasteiger partial charge in [0.2, 0.25) is 10.0 Å². The summed E-state index contributed by atoms with van der Waals surface area (Å²) in [6.45, 7) is 2.04. The van der Waals surface area contributed by atoms with Crippen LogP contribution in [0.4, 0.5) is 5.13 Å². The van der Waals surface area contributed by atoms with Crippen molar-refractivity contribution in [3.05, 3.63) is 18.2 Å². The normalized spacial score (nSPS) is 11.7. The fourth-order valence-electron chi connectivity index (χ4n) is 1.51. The number of nitrogens with one attached hydrogen (secondary N) is 1. The SMILES string of the molecule is CCOc1ccc2nc(NS(=O)(=O)CCO)sc2c1. The van der Waals surface area contributed by atoms with Gasteiger partial charge in [-0.15, -0.1) is 0 Å². The molecule has 0 radical (unpaired) electrons. The molecule has 0 saturated carbocycles. The van der Waals surface area contributed by atoms with E-state index < -0.39 is 16.6 Å². The Kier molecular flexibility index (Phi) is 4.23. The molecule has 0 atom stereocenters. The van der Waals surface area contributed by atoms with Crippen LogP contribution in [0.5, 0.6) is 5.75 Å². The predicted octanol–water partition coefficient (Wildman–Crippen LogP) is 1.43. The monoisotopic (exact) mass is 302 g/mol. The fraction of sp³-hybridized carbons (Fsp3) is 0.364. The van der Waals surface area contributed by atoms with Gasteiger partial charge in [-0.3, -0.25) is 4.72 Å². The molecular formula is C11H14N2O4S2. The Bertz CT molecular complexity index is 666. The van der Waals surface area contributed by atoms with E-state index in [0.29, 0.717) is 12.1 Å². The minimum absolute atomic E-state index is 0.289. The van der Waals surface area contributed by atoms with Gasteiger partial charge in [0, 0.05) is 0 Å². The van der Waals surface area contributed by atoms with Crippen molar-refractivity contribution in [3.8, 4) is 5.75 Å². The van der Waals surface area contributed by atoms with Crippen LogP contribution in [0.15, 0.2) is 18.2 Å². The van der Waals surface area contributed by atoms with Crippen molar-refractivity contribution in [1.82, 2.24) is 4.98 Å². The molecule has 0 aliphatic heterocycles. The number of benzene rings is 1. The summed E-state index contributed by atoms with van der Waals surface area (Å²) in [4.78, 5) is 4.17. The average Bonchev–Trinajstić information content (AvgIpc) is 2.69. The number of anilines is 1. The second-order valence-corrected chi connectivity index (χ2v) is 6.60. The minimum Gasteiger partial charge on any atom is -0.494 e. The number of rotatable bonds is 6. The molecular weight excluding hydrogens is 288 g/mol. The van der Waals surface area contributed by atoms with Crippen LogP contribution in [0.1, 0.15) is 6.92 Å². The Labute approximate surface area is 115 Å². The molecule has 0 spiro atoms. The van der Waals surface area contributed by atoms with E-state index in [1.807, 2.05) is 13.0 Å². The molecule has 1 aromatic carbocycles. The lowest BCUT2D eigenvalue weighted by Gasteiger charge is -2.01. The van der Waals surface area contributed by atoms with Crippen LogP contribution >= 0.6 is 11.3 Å². The maximum Gasteiger partial charge on any atom is 0.236 e. The van der Waals surface area contributed by atoms with E-state index in [9.17, 15) is 8.42 Å². The summed E-state index contributed by atoms with van der Waals surface area (Å²) < 4.78 is 31.6. The molecule has 2 aromatic rings. The van der Waals surface area contributed by atoms with Crippen molar-refractivity contribution in [3.63, 3.8) is 0 Å². The van der Waals surface area contributed by atoms with Crippen LogP contribution < -0.4 is 9.46 Å². The zero-order valence-corrected chi connectivity index (χ0v) is 11.9. The average molecular weight is 302 g/mol. The number of fused-ring (bicyclic) bond motifs is 1. The molecule has 104 valence electrons. The van der Waals surface area contributed by atoms with Crippen molar-refractivity contribution in [2.45, 2.75) is 6.92 Å². The molecule has 2 N–H and O–H groups in total. The number of hydrogen-bond acceptors (Lipinski definition) is 6. The highest BCUT2D eigenvalue weighted by Gasteiger charge is 2.13. The predicted molar refractivity (Wildman–Crippen MR) is 75.3 cm³/mol. The van der Waals surface area contributed by atoms with Crippen molar-refractivity contribution in [1.29, 1.82) is 0 Å². The van der Waals surface area contributed by atoms with Gasteiger partial charge in [0.25, 0.3) is 0 Å². The number of thiazole rings is 1. The van der Waals surface area contributed by atoms with E-state index in [0.717, 1.165) is 10.4 Å². The van der Waals surface area contributed by atoms with Crippen molar-refractivity contribution in [2.24, 2.45) is 0 Å². The van der Waals surface area contributed by atoms with E-state index in [2.05, 4.69) is 9.71 Å². The number of ether oxygens (including phenoxy) is 1. The van der Waals surface area contributed by atoms with Crippen LogP contribution in [0, 0.1) is 0 Å². The Morgan fingerprint density at radius 1 is 1.47 bits per heavy atom. The molecule has 0 bridgehead atoms. The van der Waals surface area contributed by atoms with Crippen LogP contribution in [0.2, 0.25) is 0 Å². The maximum atomic E-state index is 11.5. The highest BCUT2D eigenvalue weighted by Crippen LogP contribution is 2.29. The molecule has 0 unspecified atom stereocenters. The molecule has 0 aliphatic carbocycles. The Morgan fingerprint density at radius 2 is 2.26 bits per heavy atom. The van der Waals surface area contributed by atoms with E-state index in [1.54, 1.807) is 12.1 Å². The number of hydrogen-bond donors (Lipinski definition) is 2. The van der Waals surface area contributed by atoms with Crippen LogP contribution in [-0.2, 0) is 10.0 Å². The summed E-state index contributed by atoms with van der Waals surface area (Å²) in [6.07, 6.45) is 0. The van der Waals surface area contributed by atoms with Crippen LogP contribution in [-0.4, -0.2) is 37.5 Å². The maximum absolute atomic E-state index is 11.5. The number of nitrogens with zero attached hydrogens (tertiary/aromatic N) is 1. The van der Waals surface area contributed by atoms with Gasteiger partial charge >= 0.3 is 0 Å². The van der Waals surface area contributed by atoms with Gasteiger partial charge in [0.1, 0.15) is 5.75 Å². The molecule has 19 heavy (non-hydrogen) atoms. The van der Waals surface area contributed by atoms with E-state index in [-0.39, 0.29) is 10.9 Å². The third kappa shape index (κ3) is 3.55. The second kappa shape index (κ2) is 5.72. The van der Waals surface area contributed by atoms with Crippen LogP contribution in [0.3, 0.4) is 0 Å². The van der Waals surface area contributed by atoms with Gasteiger partial charge in [-0.2, -0.15) is 0 Å². The van der Waals surface area contributed by atoms with Gasteiger partial charge in [-0.25, -0.2) is 13.4 Å². The molecule has 2 rings (SSSR count). The number of aromatic nitrogens is 1. The number of sulfonamides is 1. The highest BCUT2D eigenvalue weighted by atomic mass is 32.2. The molecule has 0 aliphatic rings. The summed E-state index contributed by atoms with van der Waals surface area (Å²) >= 11 is 1.23. The number of aliphatic hydroxyl groups excluding tert-OH is 1. The summed E-state index contributed by atoms with van der Waals surface area (Å²) in [5, 5.41) is 8.95.